The summed E-state index contributed by atoms with van der Waals surface area (Å²) in [5.41, 5.74) is -3.81. The number of rotatable bonds is 2. The molecule has 0 spiro atoms. The molecule has 0 saturated carbocycles. The highest BCUT2D eigenvalue weighted by atomic mass is 19.3. The summed E-state index contributed by atoms with van der Waals surface area (Å²) in [6.45, 7) is 0. The van der Waals surface area contributed by atoms with E-state index in [1.165, 1.54) is 6.07 Å². The maximum Gasteiger partial charge on any atom is 0.341 e. The molecule has 15 heavy (non-hydrogen) atoms. The van der Waals surface area contributed by atoms with Gasteiger partial charge in [0, 0.05) is 6.20 Å². The zero-order chi connectivity index (χ0) is 11.6. The van der Waals surface area contributed by atoms with Crippen LogP contribution in [-0.4, -0.2) is 16.1 Å². The Balaban J connectivity index is 3.61. The number of halogens is 2. The number of nitriles is 1. The van der Waals surface area contributed by atoms with Crippen LogP contribution in [0.15, 0.2) is 11.0 Å². The fourth-order valence-electron chi connectivity index (χ4n) is 1.01. The number of carbonyl (C=O) groups is 1. The van der Waals surface area contributed by atoms with Crippen molar-refractivity contribution in [3.63, 3.8) is 0 Å². The summed E-state index contributed by atoms with van der Waals surface area (Å²) in [5, 5.41) is 17.0. The average Bonchev–Trinajstić information content (AvgIpc) is 2.16. The molecule has 2 N–H and O–H groups in total. The molecule has 1 aromatic rings. The smallest absolute Gasteiger partial charge is 0.341 e. The Hall–Kier alpha value is -2.23. The summed E-state index contributed by atoms with van der Waals surface area (Å²) in [6, 6.07) is 1.40. The highest BCUT2D eigenvalue weighted by molar-refractivity contribution is 5.89. The van der Waals surface area contributed by atoms with Gasteiger partial charge >= 0.3 is 5.97 Å². The third-order valence-electron chi connectivity index (χ3n) is 1.67. The number of nitrogens with zero attached hydrogens (tertiary/aromatic N) is 1. The first kappa shape index (κ1) is 10.8. The molecule has 0 fully saturated rings. The number of hydrogen-bond donors (Lipinski definition) is 2. The van der Waals surface area contributed by atoms with E-state index in [1.54, 1.807) is 0 Å². The minimum absolute atomic E-state index is 0.517. The van der Waals surface area contributed by atoms with Gasteiger partial charge in [-0.15, -0.1) is 0 Å². The summed E-state index contributed by atoms with van der Waals surface area (Å²) in [4.78, 5) is 23.7. The van der Waals surface area contributed by atoms with Crippen LogP contribution in [0.2, 0.25) is 0 Å². The molecule has 0 aliphatic heterocycles. The van der Waals surface area contributed by atoms with Gasteiger partial charge in [-0.05, 0) is 0 Å². The molecule has 0 atom stereocenters. The number of aromatic amines is 1. The third-order valence-corrected chi connectivity index (χ3v) is 1.67. The molecule has 1 rings (SSSR count). The van der Waals surface area contributed by atoms with Crippen LogP contribution in [0.3, 0.4) is 0 Å². The molecule has 0 radical (unpaired) electrons. The number of pyridine rings is 1. The summed E-state index contributed by atoms with van der Waals surface area (Å²) in [7, 11) is 0. The Morgan fingerprint density at radius 3 is 2.60 bits per heavy atom. The molecule has 1 aromatic heterocycles. The van der Waals surface area contributed by atoms with Gasteiger partial charge < -0.3 is 10.1 Å². The first-order chi connectivity index (χ1) is 6.99. The maximum absolute atomic E-state index is 12.3. The molecule has 0 aliphatic carbocycles. The fraction of sp³-hybridized carbons (Fsp3) is 0.125. The van der Waals surface area contributed by atoms with Crippen molar-refractivity contribution in [1.82, 2.24) is 4.98 Å². The van der Waals surface area contributed by atoms with E-state index in [-0.39, 0.29) is 0 Å². The van der Waals surface area contributed by atoms with Crippen molar-refractivity contribution in [2.75, 3.05) is 0 Å². The second kappa shape index (κ2) is 3.88. The lowest BCUT2D eigenvalue weighted by atomic mass is 10.1. The Morgan fingerprint density at radius 2 is 2.20 bits per heavy atom. The van der Waals surface area contributed by atoms with Crippen LogP contribution in [0.4, 0.5) is 8.78 Å². The number of carboxylic acid groups (broad SMARTS) is 1. The van der Waals surface area contributed by atoms with Crippen LogP contribution in [0, 0.1) is 11.3 Å². The van der Waals surface area contributed by atoms with Crippen molar-refractivity contribution >= 4 is 5.97 Å². The van der Waals surface area contributed by atoms with Crippen LogP contribution >= 0.6 is 0 Å². The molecule has 7 heteroatoms. The Labute approximate surface area is 81.6 Å². The van der Waals surface area contributed by atoms with Crippen molar-refractivity contribution in [2.45, 2.75) is 6.43 Å². The van der Waals surface area contributed by atoms with Gasteiger partial charge in [-0.2, -0.15) is 5.26 Å². The normalized spacial score (nSPS) is 10.0. The quantitative estimate of drug-likeness (QED) is 0.764. The first-order valence-electron chi connectivity index (χ1n) is 3.66. The SMILES string of the molecule is N#Cc1c[nH]c(C(F)F)c(C(=O)O)c1=O. The van der Waals surface area contributed by atoms with E-state index in [2.05, 4.69) is 0 Å². The largest absolute Gasteiger partial charge is 0.477 e. The fourth-order valence-corrected chi connectivity index (χ4v) is 1.01. The zero-order valence-electron chi connectivity index (χ0n) is 7.12. The summed E-state index contributed by atoms with van der Waals surface area (Å²) < 4.78 is 24.6. The Bertz CT molecular complexity index is 502. The highest BCUT2D eigenvalue weighted by Crippen LogP contribution is 2.18. The number of H-pyrrole nitrogens is 1. The van der Waals surface area contributed by atoms with Gasteiger partial charge in [0.2, 0.25) is 5.43 Å². The number of hydrogen-bond acceptors (Lipinski definition) is 3. The van der Waals surface area contributed by atoms with Crippen LogP contribution in [0.25, 0.3) is 0 Å². The van der Waals surface area contributed by atoms with Crippen molar-refractivity contribution in [1.29, 1.82) is 5.26 Å². The lowest BCUT2D eigenvalue weighted by molar-refractivity contribution is 0.0680. The van der Waals surface area contributed by atoms with E-state index in [0.29, 0.717) is 0 Å². The van der Waals surface area contributed by atoms with Gasteiger partial charge in [0.25, 0.3) is 6.43 Å². The predicted octanol–water partition coefficient (Wildman–Crippen LogP) is 0.882. The van der Waals surface area contributed by atoms with E-state index < -0.39 is 34.6 Å². The van der Waals surface area contributed by atoms with Crippen LogP contribution in [-0.2, 0) is 0 Å². The van der Waals surface area contributed by atoms with Crippen LogP contribution < -0.4 is 5.43 Å². The number of nitrogens with one attached hydrogen (secondary N) is 1. The molecular formula is C8H4F2N2O3. The Kier molecular flexibility index (Phi) is 2.80. The van der Waals surface area contributed by atoms with E-state index in [4.69, 9.17) is 10.4 Å². The number of carboxylic acids is 1. The molecule has 78 valence electrons. The maximum atomic E-state index is 12.3. The molecule has 0 unspecified atom stereocenters. The van der Waals surface area contributed by atoms with E-state index in [0.717, 1.165) is 6.20 Å². The zero-order valence-corrected chi connectivity index (χ0v) is 7.12. The second-order valence-electron chi connectivity index (χ2n) is 2.54. The molecule has 0 aliphatic rings. The lowest BCUT2D eigenvalue weighted by Gasteiger charge is -2.03. The average molecular weight is 214 g/mol. The van der Waals surface area contributed by atoms with Crippen molar-refractivity contribution < 1.29 is 18.7 Å². The van der Waals surface area contributed by atoms with Crippen molar-refractivity contribution in [2.24, 2.45) is 0 Å². The number of alkyl halides is 2. The lowest BCUT2D eigenvalue weighted by Crippen LogP contribution is -2.21. The van der Waals surface area contributed by atoms with E-state index in [1.807, 2.05) is 4.98 Å². The molecule has 0 amide bonds. The van der Waals surface area contributed by atoms with E-state index >= 15 is 0 Å². The topological polar surface area (TPSA) is 93.9 Å². The summed E-state index contributed by atoms with van der Waals surface area (Å²) >= 11 is 0. The van der Waals surface area contributed by atoms with E-state index in [9.17, 15) is 18.4 Å². The van der Waals surface area contributed by atoms with Gasteiger partial charge in [-0.1, -0.05) is 0 Å². The van der Waals surface area contributed by atoms with Gasteiger partial charge in [0.1, 0.15) is 22.9 Å². The van der Waals surface area contributed by atoms with Crippen LogP contribution in [0.5, 0.6) is 0 Å². The van der Waals surface area contributed by atoms with Gasteiger partial charge in [-0.3, -0.25) is 4.79 Å². The standard InChI is InChI=1S/C8H4F2N2O3/c9-7(10)5-4(8(14)15)6(13)3(1-11)2-12-5/h2,7H,(H,12,13)(H,14,15). The number of aromatic nitrogens is 1. The van der Waals surface area contributed by atoms with Crippen molar-refractivity contribution in [3.05, 3.63) is 33.2 Å². The monoisotopic (exact) mass is 214 g/mol. The second-order valence-corrected chi connectivity index (χ2v) is 2.54. The van der Waals surface area contributed by atoms with Crippen LogP contribution in [0.1, 0.15) is 28.0 Å². The molecule has 0 saturated heterocycles. The minimum atomic E-state index is -3.11. The minimum Gasteiger partial charge on any atom is -0.477 e. The summed E-state index contributed by atoms with van der Waals surface area (Å²) in [5.74, 6) is -1.79. The van der Waals surface area contributed by atoms with Gasteiger partial charge in [0.15, 0.2) is 0 Å². The van der Waals surface area contributed by atoms with Gasteiger partial charge in [0.05, 0.1) is 0 Å². The highest BCUT2D eigenvalue weighted by Gasteiger charge is 2.23. The molecule has 0 bridgehead atoms. The molecule has 1 heterocycles. The molecular weight excluding hydrogens is 210 g/mol. The molecule has 5 nitrogen and oxygen atoms in total. The van der Waals surface area contributed by atoms with Gasteiger partial charge in [-0.25, -0.2) is 13.6 Å². The van der Waals surface area contributed by atoms with Crippen molar-refractivity contribution in [3.8, 4) is 6.07 Å². The Morgan fingerprint density at radius 1 is 1.60 bits per heavy atom. The summed E-state index contributed by atoms with van der Waals surface area (Å²) in [6.07, 6.45) is -2.35. The molecule has 0 aromatic carbocycles. The predicted molar refractivity (Wildman–Crippen MR) is 43.7 cm³/mol. The first-order valence-corrected chi connectivity index (χ1v) is 3.66. The number of aromatic carboxylic acids is 1. The third kappa shape index (κ3) is 1.83.